The number of rotatable bonds is 9. The third-order valence-electron chi connectivity index (χ3n) is 2.92. The van der Waals surface area contributed by atoms with Gasteiger partial charge in [-0.1, -0.05) is 13.3 Å². The monoisotopic (exact) mass is 245 g/mol. The van der Waals surface area contributed by atoms with Gasteiger partial charge in [-0.25, -0.2) is 0 Å². The van der Waals surface area contributed by atoms with E-state index in [9.17, 15) is 9.59 Å². The minimum Gasteiger partial charge on any atom is -0.481 e. The van der Waals surface area contributed by atoms with Crippen LogP contribution in [0.5, 0.6) is 0 Å². The van der Waals surface area contributed by atoms with E-state index >= 15 is 0 Å². The van der Waals surface area contributed by atoms with Crippen LogP contribution in [0.4, 0.5) is 0 Å². The van der Waals surface area contributed by atoms with E-state index in [4.69, 9.17) is 9.84 Å². The Hall–Kier alpha value is -1.10. The van der Waals surface area contributed by atoms with Crippen molar-refractivity contribution in [3.8, 4) is 0 Å². The van der Waals surface area contributed by atoms with Crippen LogP contribution in [0, 0.1) is 5.92 Å². The highest BCUT2D eigenvalue weighted by atomic mass is 16.5. The number of hydrogen-bond acceptors (Lipinski definition) is 3. The van der Waals surface area contributed by atoms with Crippen LogP contribution in [0.3, 0.4) is 0 Å². The molecule has 2 atom stereocenters. The lowest BCUT2D eigenvalue weighted by atomic mass is 9.96. The van der Waals surface area contributed by atoms with E-state index in [1.54, 1.807) is 6.92 Å². The highest BCUT2D eigenvalue weighted by Gasteiger charge is 2.12. The molecule has 0 aromatic carbocycles. The molecule has 5 nitrogen and oxygen atoms in total. The van der Waals surface area contributed by atoms with Crippen molar-refractivity contribution in [2.24, 2.45) is 5.92 Å². The van der Waals surface area contributed by atoms with Crippen LogP contribution < -0.4 is 5.32 Å². The molecular weight excluding hydrogens is 222 g/mol. The van der Waals surface area contributed by atoms with E-state index in [1.165, 1.54) is 7.11 Å². The Morgan fingerprint density at radius 3 is 2.47 bits per heavy atom. The van der Waals surface area contributed by atoms with Crippen molar-refractivity contribution in [2.45, 2.75) is 45.6 Å². The Kier molecular flexibility index (Phi) is 8.40. The van der Waals surface area contributed by atoms with E-state index < -0.39 is 12.1 Å². The Morgan fingerprint density at radius 1 is 1.35 bits per heavy atom. The molecule has 0 saturated heterocycles. The quantitative estimate of drug-likeness (QED) is 0.644. The number of methoxy groups -OCH3 is 1. The van der Waals surface area contributed by atoms with Crippen LogP contribution in [0.2, 0.25) is 0 Å². The standard InChI is InChI=1S/C12H23NO4/c1-4-10(5-6-11(14)15)7-8-13-12(16)9(2)17-3/h9-10H,4-8H2,1-3H3,(H,13,16)(H,14,15). The average molecular weight is 245 g/mol. The van der Waals surface area contributed by atoms with Crippen molar-refractivity contribution in [1.82, 2.24) is 5.32 Å². The lowest BCUT2D eigenvalue weighted by molar-refractivity contribution is -0.137. The molecule has 0 spiro atoms. The number of amides is 1. The SMILES string of the molecule is CCC(CCNC(=O)C(C)OC)CCC(=O)O. The molecule has 17 heavy (non-hydrogen) atoms. The molecule has 0 bridgehead atoms. The number of ether oxygens (including phenoxy) is 1. The lowest BCUT2D eigenvalue weighted by Gasteiger charge is -2.15. The van der Waals surface area contributed by atoms with Crippen molar-refractivity contribution in [3.05, 3.63) is 0 Å². The molecule has 0 fully saturated rings. The fourth-order valence-electron chi connectivity index (χ4n) is 1.53. The summed E-state index contributed by atoms with van der Waals surface area (Å²) in [4.78, 5) is 21.8. The summed E-state index contributed by atoms with van der Waals surface area (Å²) < 4.78 is 4.89. The number of nitrogens with one attached hydrogen (secondary N) is 1. The summed E-state index contributed by atoms with van der Waals surface area (Å²) in [6.45, 7) is 4.30. The fourth-order valence-corrected chi connectivity index (χ4v) is 1.53. The van der Waals surface area contributed by atoms with Crippen molar-refractivity contribution < 1.29 is 19.4 Å². The number of aliphatic carboxylic acids is 1. The normalized spacial score (nSPS) is 14.1. The Labute approximate surface area is 103 Å². The summed E-state index contributed by atoms with van der Waals surface area (Å²) in [5.41, 5.74) is 0. The number of carbonyl (C=O) groups excluding carboxylic acids is 1. The lowest BCUT2D eigenvalue weighted by Crippen LogP contribution is -2.35. The van der Waals surface area contributed by atoms with E-state index in [-0.39, 0.29) is 12.3 Å². The summed E-state index contributed by atoms with van der Waals surface area (Å²) in [6, 6.07) is 0. The van der Waals surface area contributed by atoms with Gasteiger partial charge in [0.25, 0.3) is 0 Å². The summed E-state index contributed by atoms with van der Waals surface area (Å²) >= 11 is 0. The van der Waals surface area contributed by atoms with Gasteiger partial charge in [0.15, 0.2) is 0 Å². The second kappa shape index (κ2) is 8.98. The maximum atomic E-state index is 11.4. The maximum Gasteiger partial charge on any atom is 0.303 e. The molecule has 0 aliphatic rings. The van der Waals surface area contributed by atoms with Crippen molar-refractivity contribution >= 4 is 11.9 Å². The zero-order valence-electron chi connectivity index (χ0n) is 10.9. The Morgan fingerprint density at radius 2 is 2.00 bits per heavy atom. The Bertz CT molecular complexity index is 243. The molecule has 1 amide bonds. The van der Waals surface area contributed by atoms with Gasteiger partial charge in [-0.15, -0.1) is 0 Å². The van der Waals surface area contributed by atoms with Gasteiger partial charge in [0.1, 0.15) is 6.10 Å². The first-order valence-corrected chi connectivity index (χ1v) is 6.03. The molecular formula is C12H23NO4. The average Bonchev–Trinajstić information content (AvgIpc) is 2.31. The molecule has 2 unspecified atom stereocenters. The summed E-state index contributed by atoms with van der Waals surface area (Å²) in [6.07, 6.45) is 2.17. The first kappa shape index (κ1) is 15.9. The summed E-state index contributed by atoms with van der Waals surface area (Å²) in [5, 5.41) is 11.4. The first-order valence-electron chi connectivity index (χ1n) is 6.03. The molecule has 0 saturated carbocycles. The second-order valence-electron chi connectivity index (χ2n) is 4.16. The van der Waals surface area contributed by atoms with Crippen molar-refractivity contribution in [2.75, 3.05) is 13.7 Å². The van der Waals surface area contributed by atoms with Gasteiger partial charge in [0, 0.05) is 20.1 Å². The van der Waals surface area contributed by atoms with Gasteiger partial charge in [-0.2, -0.15) is 0 Å². The van der Waals surface area contributed by atoms with Crippen LogP contribution in [-0.4, -0.2) is 36.7 Å². The summed E-state index contributed by atoms with van der Waals surface area (Å²) in [5.74, 6) is -0.537. The smallest absolute Gasteiger partial charge is 0.303 e. The molecule has 0 heterocycles. The van der Waals surface area contributed by atoms with Gasteiger partial charge in [0.05, 0.1) is 0 Å². The Balaban J connectivity index is 3.76. The van der Waals surface area contributed by atoms with Crippen LogP contribution >= 0.6 is 0 Å². The molecule has 0 aromatic heterocycles. The number of carboxylic acids is 1. The van der Waals surface area contributed by atoms with E-state index in [2.05, 4.69) is 5.32 Å². The number of hydrogen-bond donors (Lipinski definition) is 2. The number of carboxylic acid groups (broad SMARTS) is 1. The van der Waals surface area contributed by atoms with Crippen LogP contribution in [0.15, 0.2) is 0 Å². The van der Waals surface area contributed by atoms with Gasteiger partial charge in [-0.3, -0.25) is 9.59 Å². The molecule has 0 aromatic rings. The van der Waals surface area contributed by atoms with E-state index in [1.807, 2.05) is 6.92 Å². The van der Waals surface area contributed by atoms with Gasteiger partial charge in [-0.05, 0) is 25.7 Å². The van der Waals surface area contributed by atoms with Gasteiger partial charge < -0.3 is 15.2 Å². The largest absolute Gasteiger partial charge is 0.481 e. The predicted octanol–water partition coefficient (Wildman–Crippen LogP) is 1.42. The first-order chi connectivity index (χ1) is 8.01. The van der Waals surface area contributed by atoms with Crippen molar-refractivity contribution in [3.63, 3.8) is 0 Å². The summed E-state index contributed by atoms with van der Waals surface area (Å²) in [7, 11) is 1.49. The number of carbonyl (C=O) groups is 2. The van der Waals surface area contributed by atoms with Gasteiger partial charge >= 0.3 is 5.97 Å². The maximum absolute atomic E-state index is 11.4. The van der Waals surface area contributed by atoms with Crippen molar-refractivity contribution in [1.29, 1.82) is 0 Å². The predicted molar refractivity (Wildman–Crippen MR) is 64.7 cm³/mol. The highest BCUT2D eigenvalue weighted by molar-refractivity contribution is 5.80. The minimum absolute atomic E-state index is 0.124. The van der Waals surface area contributed by atoms with Gasteiger partial charge in [0.2, 0.25) is 5.91 Å². The minimum atomic E-state index is -0.763. The molecule has 0 rings (SSSR count). The topological polar surface area (TPSA) is 75.6 Å². The third-order valence-corrected chi connectivity index (χ3v) is 2.92. The zero-order valence-corrected chi connectivity index (χ0v) is 10.9. The molecule has 0 aliphatic carbocycles. The molecule has 5 heteroatoms. The molecule has 2 N–H and O–H groups in total. The van der Waals surface area contributed by atoms with Crippen LogP contribution in [0.25, 0.3) is 0 Å². The zero-order chi connectivity index (χ0) is 13.3. The highest BCUT2D eigenvalue weighted by Crippen LogP contribution is 2.14. The van der Waals surface area contributed by atoms with Crippen LogP contribution in [-0.2, 0) is 14.3 Å². The van der Waals surface area contributed by atoms with Crippen LogP contribution in [0.1, 0.15) is 39.5 Å². The second-order valence-corrected chi connectivity index (χ2v) is 4.16. The molecule has 0 aliphatic heterocycles. The molecule has 0 radical (unpaired) electrons. The molecule has 100 valence electrons. The third kappa shape index (κ3) is 7.74. The van der Waals surface area contributed by atoms with E-state index in [0.29, 0.717) is 18.9 Å². The fraction of sp³-hybridized carbons (Fsp3) is 0.833. The van der Waals surface area contributed by atoms with E-state index in [0.717, 1.165) is 12.8 Å².